The van der Waals surface area contributed by atoms with Crippen LogP contribution in [0.5, 0.6) is 0 Å². The van der Waals surface area contributed by atoms with Crippen LogP contribution < -0.4 is 14.9 Å². The number of amides is 1. The fraction of sp³-hybridized carbons (Fsp3) is 0.275. The van der Waals surface area contributed by atoms with Crippen molar-refractivity contribution in [3.8, 4) is 33.5 Å². The molecular formula is C40H30F7N11O3S2. The molecule has 2 aromatic carbocycles. The molecule has 14 nitrogen and oxygen atoms in total. The van der Waals surface area contributed by atoms with Crippen LogP contribution in [0.1, 0.15) is 40.2 Å². The molecule has 9 rings (SSSR count). The molecule has 3 atom stereocenters. The lowest BCUT2D eigenvalue weighted by molar-refractivity contribution is -0.142. The zero-order valence-corrected chi connectivity index (χ0v) is 34.7. The maximum atomic E-state index is 15.7. The van der Waals surface area contributed by atoms with Crippen molar-refractivity contribution in [3.05, 3.63) is 94.7 Å². The summed E-state index contributed by atoms with van der Waals surface area (Å²) in [6.45, 7) is -1.12. The molecule has 2 aliphatic carbocycles. The fourth-order valence-corrected chi connectivity index (χ4v) is 9.31. The molecule has 23 heteroatoms. The number of rotatable bonds is 11. The summed E-state index contributed by atoms with van der Waals surface area (Å²) in [5.41, 5.74) is -1.69. The summed E-state index contributed by atoms with van der Waals surface area (Å²) in [5, 5.41) is 11.3. The van der Waals surface area contributed by atoms with Crippen molar-refractivity contribution in [2.75, 3.05) is 30.0 Å². The number of nitrogens with zero attached hydrogens (tertiary/aromatic N) is 9. The van der Waals surface area contributed by atoms with Crippen molar-refractivity contribution in [1.29, 1.82) is 0 Å². The van der Waals surface area contributed by atoms with Crippen LogP contribution >= 0.6 is 11.3 Å². The zero-order chi connectivity index (χ0) is 44.9. The molecule has 0 radical (unpaired) electrons. The highest BCUT2D eigenvalue weighted by atomic mass is 32.2. The predicted octanol–water partition coefficient (Wildman–Crippen LogP) is 6.56. The molecule has 0 saturated carbocycles. The van der Waals surface area contributed by atoms with E-state index in [-0.39, 0.29) is 34.7 Å². The second kappa shape index (κ2) is 14.7. The average molecular weight is 910 g/mol. The topological polar surface area (TPSA) is 166 Å². The van der Waals surface area contributed by atoms with Crippen LogP contribution in [0.25, 0.3) is 42.9 Å². The van der Waals surface area contributed by atoms with Crippen molar-refractivity contribution < 1.29 is 43.9 Å². The Morgan fingerprint density at radius 1 is 1.02 bits per heavy atom. The Bertz CT molecular complexity index is 3190. The first kappa shape index (κ1) is 41.7. The SMILES string of the molecule is CN(C)c1ncc(-c2nc3nc([C@H](Cc4cc(F)cc(F)c4)NC(=O)Cn4nc(C(F)(F)F)c5c4C(F)(F)[C@@H]4C#C[C@H]54)c(-c4cccc5c(NS(C)(=O)=O)nn(C)c45)cc3s2)cn1. The lowest BCUT2D eigenvalue weighted by atomic mass is 9.84. The Morgan fingerprint density at radius 3 is 2.37 bits per heavy atom. The number of sulfonamides is 1. The molecule has 0 spiro atoms. The molecular weight excluding hydrogens is 880 g/mol. The summed E-state index contributed by atoms with van der Waals surface area (Å²) >= 11 is 1.21. The van der Waals surface area contributed by atoms with Gasteiger partial charge in [0.25, 0.3) is 0 Å². The normalized spacial score (nSPS) is 16.9. The monoisotopic (exact) mass is 909 g/mol. The largest absolute Gasteiger partial charge is 0.435 e. The molecule has 0 fully saturated rings. The summed E-state index contributed by atoms with van der Waals surface area (Å²) in [7, 11) is 1.29. The summed E-state index contributed by atoms with van der Waals surface area (Å²) in [6, 6.07) is 7.87. The zero-order valence-electron chi connectivity index (χ0n) is 33.1. The van der Waals surface area contributed by atoms with Crippen molar-refractivity contribution in [1.82, 2.24) is 44.8 Å². The summed E-state index contributed by atoms with van der Waals surface area (Å²) in [6.07, 6.45) is -1.45. The molecule has 2 N–H and O–H groups in total. The van der Waals surface area contributed by atoms with Crippen molar-refractivity contribution >= 4 is 60.3 Å². The number of halogens is 7. The van der Waals surface area contributed by atoms with Crippen LogP contribution in [0.3, 0.4) is 0 Å². The number of alkyl halides is 5. The third-order valence-electron chi connectivity index (χ3n) is 10.5. The molecule has 5 aromatic heterocycles. The number of carbonyl (C=O) groups is 1. The Morgan fingerprint density at radius 2 is 1.73 bits per heavy atom. The Labute approximate surface area is 356 Å². The number of aromatic nitrogens is 8. The molecule has 0 bridgehead atoms. The number of anilines is 2. The quantitative estimate of drug-likeness (QED) is 0.107. The predicted molar refractivity (Wildman–Crippen MR) is 217 cm³/mol. The molecule has 5 heterocycles. The number of thiazole rings is 1. The highest BCUT2D eigenvalue weighted by Crippen LogP contribution is 2.58. The maximum absolute atomic E-state index is 15.7. The van der Waals surface area contributed by atoms with E-state index in [2.05, 4.69) is 42.0 Å². The first-order chi connectivity index (χ1) is 29.7. The summed E-state index contributed by atoms with van der Waals surface area (Å²) in [5.74, 6) is -5.01. The minimum absolute atomic E-state index is 0.00519. The van der Waals surface area contributed by atoms with Gasteiger partial charge in [0.15, 0.2) is 17.2 Å². The van der Waals surface area contributed by atoms with E-state index >= 15 is 8.78 Å². The van der Waals surface area contributed by atoms with Gasteiger partial charge in [-0.15, -0.1) is 11.3 Å². The van der Waals surface area contributed by atoms with E-state index in [1.165, 1.54) is 16.0 Å². The Balaban J connectivity index is 1.21. The molecule has 1 amide bonds. The van der Waals surface area contributed by atoms with Gasteiger partial charge in [-0.05, 0) is 36.2 Å². The van der Waals surface area contributed by atoms with E-state index in [4.69, 9.17) is 9.97 Å². The lowest BCUT2D eigenvalue weighted by Crippen LogP contribution is -2.36. The summed E-state index contributed by atoms with van der Waals surface area (Å²) in [4.78, 5) is 34.2. The van der Waals surface area contributed by atoms with E-state index < -0.39 is 81.0 Å². The van der Waals surface area contributed by atoms with Gasteiger partial charge >= 0.3 is 12.1 Å². The van der Waals surface area contributed by atoms with Gasteiger partial charge in [0.2, 0.25) is 21.9 Å². The van der Waals surface area contributed by atoms with E-state index in [0.717, 1.165) is 18.4 Å². The number of benzene rings is 2. The number of fused-ring (bicyclic) bond motifs is 5. The third-order valence-corrected chi connectivity index (χ3v) is 12.1. The van der Waals surface area contributed by atoms with E-state index in [9.17, 15) is 35.2 Å². The number of hydrogen-bond donors (Lipinski definition) is 2. The van der Waals surface area contributed by atoms with Crippen LogP contribution in [0.4, 0.5) is 42.5 Å². The minimum Gasteiger partial charge on any atom is -0.347 e. The number of para-hydroxylation sites is 1. The van der Waals surface area contributed by atoms with Gasteiger partial charge in [0.05, 0.1) is 34.1 Å². The smallest absolute Gasteiger partial charge is 0.347 e. The van der Waals surface area contributed by atoms with E-state index in [1.54, 1.807) is 62.7 Å². The first-order valence-electron chi connectivity index (χ1n) is 18.7. The molecule has 63 heavy (non-hydrogen) atoms. The lowest BCUT2D eigenvalue weighted by Gasteiger charge is -2.24. The average Bonchev–Trinajstić information content (AvgIpc) is 3.88. The van der Waals surface area contributed by atoms with Crippen LogP contribution in [-0.2, 0) is 46.9 Å². The van der Waals surface area contributed by atoms with Gasteiger partial charge in [-0.2, -0.15) is 32.1 Å². The van der Waals surface area contributed by atoms with Crippen LogP contribution in [-0.4, -0.2) is 74.2 Å². The number of nitrogens with one attached hydrogen (secondary N) is 2. The summed E-state index contributed by atoms with van der Waals surface area (Å²) < 4.78 is 133. The molecule has 324 valence electrons. The number of pyridine rings is 1. The fourth-order valence-electron chi connectivity index (χ4n) is 7.89. The van der Waals surface area contributed by atoms with Gasteiger partial charge in [-0.1, -0.05) is 24.0 Å². The van der Waals surface area contributed by atoms with E-state index in [0.29, 0.717) is 48.4 Å². The molecule has 0 saturated heterocycles. The maximum Gasteiger partial charge on any atom is 0.435 e. The van der Waals surface area contributed by atoms with E-state index in [1.807, 2.05) is 0 Å². The van der Waals surface area contributed by atoms with Gasteiger partial charge in [0.1, 0.15) is 34.8 Å². The van der Waals surface area contributed by atoms with Crippen LogP contribution in [0.2, 0.25) is 0 Å². The van der Waals surface area contributed by atoms with Crippen molar-refractivity contribution in [3.63, 3.8) is 0 Å². The van der Waals surface area contributed by atoms with Gasteiger partial charge in [-0.3, -0.25) is 18.9 Å². The van der Waals surface area contributed by atoms with Gasteiger partial charge in [-0.25, -0.2) is 37.1 Å². The van der Waals surface area contributed by atoms with Crippen LogP contribution in [0, 0.1) is 29.4 Å². The standard InChI is InChI=1S/C40H30F7N11O3S2/c1-56(2)38-48-15-19(16-49-38)37-52-36-28(62-37)14-25(22-6-5-7-24-32(22)57(3)54-35(24)55-63(4,60)61)31(51-36)27(12-18-10-20(41)13-21(42)11-18)50-29(59)17-58-34-30(33(53-58)40(45,46)47)23-8-9-26(23)39(34,43)44/h5-7,10-11,13-16,23,26-27H,12,17H2,1-4H3,(H,50,59)(H,54,55)/t23-,26+,27-/m0/s1. The van der Waals surface area contributed by atoms with Crippen molar-refractivity contribution in [2.24, 2.45) is 13.0 Å². The van der Waals surface area contributed by atoms with Crippen molar-refractivity contribution in [2.45, 2.75) is 37.0 Å². The number of aryl methyl sites for hydroxylation is 1. The molecule has 0 aliphatic heterocycles. The molecule has 2 aliphatic rings. The van der Waals surface area contributed by atoms with Gasteiger partial charge < -0.3 is 10.2 Å². The highest BCUT2D eigenvalue weighted by Gasteiger charge is 2.62. The van der Waals surface area contributed by atoms with Gasteiger partial charge in [0, 0.05) is 67.2 Å². The molecule has 7 aromatic rings. The third kappa shape index (κ3) is 7.45. The minimum atomic E-state index is -5.15. The second-order valence-electron chi connectivity index (χ2n) is 15.2. The Hall–Kier alpha value is -6.67. The molecule has 0 unspecified atom stereocenters. The van der Waals surface area contributed by atoms with Crippen LogP contribution in [0.15, 0.2) is 54.9 Å². The second-order valence-corrected chi connectivity index (χ2v) is 18.0. The number of carbonyl (C=O) groups excluding carboxylic acids is 1. The highest BCUT2D eigenvalue weighted by molar-refractivity contribution is 7.92. The Kier molecular flexibility index (Phi) is 9.74. The number of hydrogen-bond acceptors (Lipinski definition) is 11. The first-order valence-corrected chi connectivity index (χ1v) is 21.4.